The highest BCUT2D eigenvalue weighted by atomic mass is 35.5. The second-order valence-corrected chi connectivity index (χ2v) is 7.71. The number of hydrogen-bond donors (Lipinski definition) is 0. The largest absolute Gasteiger partial charge is 0.489 e. The average Bonchev–Trinajstić information content (AvgIpc) is 3.07. The first-order chi connectivity index (χ1) is 13.2. The van der Waals surface area contributed by atoms with Gasteiger partial charge in [-0.2, -0.15) is 0 Å². The molecule has 1 amide bonds. The molecule has 1 atom stereocenters. The number of ether oxygens (including phenoxy) is 1. The van der Waals surface area contributed by atoms with Gasteiger partial charge in [-0.05, 0) is 41.1 Å². The third-order valence-corrected chi connectivity index (χ3v) is 5.93. The molecule has 0 unspecified atom stereocenters. The van der Waals surface area contributed by atoms with Gasteiger partial charge in [0.1, 0.15) is 17.7 Å². The van der Waals surface area contributed by atoms with Gasteiger partial charge < -0.3 is 4.74 Å². The molecule has 3 aromatic rings. The molecule has 1 aliphatic heterocycles. The molecule has 0 bridgehead atoms. The molecule has 136 valence electrons. The zero-order valence-electron chi connectivity index (χ0n) is 14.6. The minimum atomic E-state index is -0.162. The van der Waals surface area contributed by atoms with Crippen molar-refractivity contribution in [3.05, 3.63) is 83.9 Å². The summed E-state index contributed by atoms with van der Waals surface area (Å²) in [5.74, 6) is 1.28. The molecule has 1 heterocycles. The third-order valence-electron chi connectivity index (χ3n) is 4.51. The van der Waals surface area contributed by atoms with Crippen molar-refractivity contribution in [1.29, 1.82) is 0 Å². The number of nitrogens with zero attached hydrogens (tertiary/aromatic N) is 1. The summed E-state index contributed by atoms with van der Waals surface area (Å²) >= 11 is 7.64. The van der Waals surface area contributed by atoms with Crippen molar-refractivity contribution in [1.82, 2.24) is 0 Å². The summed E-state index contributed by atoms with van der Waals surface area (Å²) in [5.41, 5.74) is 1.85. The van der Waals surface area contributed by atoms with Crippen molar-refractivity contribution < 1.29 is 9.53 Å². The van der Waals surface area contributed by atoms with Crippen molar-refractivity contribution in [3.63, 3.8) is 0 Å². The third kappa shape index (κ3) is 3.43. The van der Waals surface area contributed by atoms with E-state index < -0.39 is 0 Å². The lowest BCUT2D eigenvalue weighted by atomic mass is 10.0. The van der Waals surface area contributed by atoms with Crippen LogP contribution in [0.25, 0.3) is 10.8 Å². The Morgan fingerprint density at radius 2 is 1.93 bits per heavy atom. The van der Waals surface area contributed by atoms with Crippen molar-refractivity contribution in [2.24, 2.45) is 0 Å². The normalized spacial score (nSPS) is 16.7. The Kier molecular flexibility index (Phi) is 5.10. The van der Waals surface area contributed by atoms with Crippen LogP contribution >= 0.6 is 23.4 Å². The van der Waals surface area contributed by atoms with Crippen LogP contribution in [0, 0.1) is 0 Å². The molecule has 1 saturated heterocycles. The fourth-order valence-electron chi connectivity index (χ4n) is 3.32. The Balaban J connectivity index is 1.87. The van der Waals surface area contributed by atoms with E-state index in [2.05, 4.69) is 18.7 Å². The van der Waals surface area contributed by atoms with Gasteiger partial charge >= 0.3 is 0 Å². The van der Waals surface area contributed by atoms with E-state index in [1.54, 1.807) is 17.8 Å². The molecule has 0 aliphatic carbocycles. The van der Waals surface area contributed by atoms with Crippen LogP contribution in [-0.4, -0.2) is 18.3 Å². The van der Waals surface area contributed by atoms with Gasteiger partial charge in [0.15, 0.2) is 0 Å². The maximum absolute atomic E-state index is 12.7. The lowest BCUT2D eigenvalue weighted by Gasteiger charge is -2.27. The highest BCUT2D eigenvalue weighted by molar-refractivity contribution is 8.00. The Bertz CT molecular complexity index is 1000. The van der Waals surface area contributed by atoms with Gasteiger partial charge in [0.2, 0.25) is 5.91 Å². The Morgan fingerprint density at radius 3 is 2.70 bits per heavy atom. The molecule has 5 heteroatoms. The van der Waals surface area contributed by atoms with Crippen molar-refractivity contribution in [2.75, 3.05) is 17.3 Å². The maximum atomic E-state index is 12.7. The van der Waals surface area contributed by atoms with Crippen LogP contribution in [0.1, 0.15) is 10.9 Å². The summed E-state index contributed by atoms with van der Waals surface area (Å²) < 4.78 is 5.95. The second kappa shape index (κ2) is 7.67. The van der Waals surface area contributed by atoms with Crippen LogP contribution < -0.4 is 9.64 Å². The number of amides is 1. The Hall–Kier alpha value is -2.43. The van der Waals surface area contributed by atoms with Gasteiger partial charge in [-0.25, -0.2) is 0 Å². The molecule has 1 aliphatic rings. The predicted octanol–water partition coefficient (Wildman–Crippen LogP) is 5.84. The van der Waals surface area contributed by atoms with Gasteiger partial charge in [0.25, 0.3) is 0 Å². The van der Waals surface area contributed by atoms with Crippen LogP contribution in [0.3, 0.4) is 0 Å². The molecule has 3 aromatic carbocycles. The topological polar surface area (TPSA) is 29.5 Å². The molecule has 3 nitrogen and oxygen atoms in total. The minimum Gasteiger partial charge on any atom is -0.489 e. The minimum absolute atomic E-state index is 0.0786. The number of thioether (sulfide) groups is 1. The van der Waals surface area contributed by atoms with Gasteiger partial charge in [-0.3, -0.25) is 9.69 Å². The van der Waals surface area contributed by atoms with Crippen LogP contribution in [0.4, 0.5) is 5.69 Å². The van der Waals surface area contributed by atoms with Gasteiger partial charge in [0, 0.05) is 16.3 Å². The molecule has 27 heavy (non-hydrogen) atoms. The molecular formula is C22H18ClNO2S. The number of hydrogen-bond acceptors (Lipinski definition) is 3. The summed E-state index contributed by atoms with van der Waals surface area (Å²) in [7, 11) is 0. The lowest BCUT2D eigenvalue weighted by molar-refractivity contribution is -0.115. The number of carbonyl (C=O) groups excluding carboxylic acids is 1. The Morgan fingerprint density at radius 1 is 1.15 bits per heavy atom. The lowest BCUT2D eigenvalue weighted by Crippen LogP contribution is -2.28. The highest BCUT2D eigenvalue weighted by Crippen LogP contribution is 2.47. The van der Waals surface area contributed by atoms with Crippen molar-refractivity contribution >= 4 is 45.7 Å². The Labute approximate surface area is 167 Å². The second-order valence-electron chi connectivity index (χ2n) is 6.20. The first-order valence-corrected chi connectivity index (χ1v) is 10.1. The smallest absolute Gasteiger partial charge is 0.238 e. The van der Waals surface area contributed by atoms with E-state index in [4.69, 9.17) is 16.3 Å². The molecule has 0 saturated carbocycles. The monoisotopic (exact) mass is 395 g/mol. The fourth-order valence-corrected chi connectivity index (χ4v) is 4.69. The molecule has 0 aromatic heterocycles. The summed E-state index contributed by atoms with van der Waals surface area (Å²) in [5, 5.41) is 2.69. The summed E-state index contributed by atoms with van der Waals surface area (Å²) in [6.07, 6.45) is 1.73. The van der Waals surface area contributed by atoms with E-state index in [0.717, 1.165) is 27.8 Å². The summed E-state index contributed by atoms with van der Waals surface area (Å²) in [6, 6.07) is 19.6. The quantitative estimate of drug-likeness (QED) is 0.508. The van der Waals surface area contributed by atoms with Gasteiger partial charge in [-0.15, -0.1) is 11.8 Å². The van der Waals surface area contributed by atoms with Crippen LogP contribution in [0.15, 0.2) is 73.3 Å². The number of rotatable bonds is 5. The van der Waals surface area contributed by atoms with Crippen LogP contribution in [0.2, 0.25) is 5.02 Å². The van der Waals surface area contributed by atoms with Crippen molar-refractivity contribution in [2.45, 2.75) is 5.37 Å². The highest BCUT2D eigenvalue weighted by Gasteiger charge is 2.36. The van der Waals surface area contributed by atoms with Crippen molar-refractivity contribution in [3.8, 4) is 5.75 Å². The van der Waals surface area contributed by atoms with Crippen LogP contribution in [0.5, 0.6) is 5.75 Å². The molecule has 0 radical (unpaired) electrons. The molecule has 0 N–H and O–H groups in total. The molecular weight excluding hydrogens is 378 g/mol. The fraction of sp³-hybridized carbons (Fsp3) is 0.136. The predicted molar refractivity (Wildman–Crippen MR) is 114 cm³/mol. The van der Waals surface area contributed by atoms with E-state index >= 15 is 0 Å². The first kappa shape index (κ1) is 18.0. The van der Waals surface area contributed by atoms with Crippen LogP contribution in [-0.2, 0) is 4.79 Å². The number of fused-ring (bicyclic) bond motifs is 1. The zero-order valence-corrected chi connectivity index (χ0v) is 16.2. The number of halogens is 1. The molecule has 4 rings (SSSR count). The maximum Gasteiger partial charge on any atom is 0.238 e. The number of carbonyl (C=O) groups is 1. The van der Waals surface area contributed by atoms with E-state index in [-0.39, 0.29) is 11.3 Å². The van der Waals surface area contributed by atoms with E-state index in [1.807, 2.05) is 53.4 Å². The summed E-state index contributed by atoms with van der Waals surface area (Å²) in [4.78, 5) is 14.6. The van der Waals surface area contributed by atoms with Gasteiger partial charge in [-0.1, -0.05) is 54.6 Å². The zero-order chi connectivity index (χ0) is 18.8. The number of anilines is 1. The number of benzene rings is 3. The SMILES string of the molecule is C=CCOc1ccc2ccccc2c1[C@@H]1SCC(=O)N1c1ccc(Cl)cc1. The summed E-state index contributed by atoms with van der Waals surface area (Å²) in [6.45, 7) is 4.16. The van der Waals surface area contributed by atoms with E-state index in [0.29, 0.717) is 17.4 Å². The first-order valence-electron chi connectivity index (χ1n) is 8.63. The molecule has 0 spiro atoms. The molecule has 1 fully saturated rings. The van der Waals surface area contributed by atoms with Gasteiger partial charge in [0.05, 0.1) is 5.75 Å². The van der Waals surface area contributed by atoms with E-state index in [1.165, 1.54) is 0 Å². The van der Waals surface area contributed by atoms with E-state index in [9.17, 15) is 4.79 Å². The standard InChI is InChI=1S/C22H18ClNO2S/c1-2-13-26-19-12-7-15-5-3-4-6-18(15)21(19)22-24(20(25)14-27-22)17-10-8-16(23)9-11-17/h2-12,22H,1,13-14H2/t22-/m0/s1. The average molecular weight is 396 g/mol.